The maximum Gasteiger partial charge on any atom is 0.220 e. The summed E-state index contributed by atoms with van der Waals surface area (Å²) in [6.07, 6.45) is 3.66. The molecule has 0 saturated heterocycles. The van der Waals surface area contributed by atoms with E-state index in [-0.39, 0.29) is 29.4 Å². The molecule has 1 fully saturated rings. The average molecular weight is 255 g/mol. The average Bonchev–Trinajstić information content (AvgIpc) is 2.59. The van der Waals surface area contributed by atoms with Gasteiger partial charge in [0.05, 0.1) is 6.61 Å². The Kier molecular flexibility index (Phi) is 4.82. The third-order valence-electron chi connectivity index (χ3n) is 4.75. The summed E-state index contributed by atoms with van der Waals surface area (Å²) in [6.45, 7) is 10.8. The molecule has 1 amide bonds. The van der Waals surface area contributed by atoms with Gasteiger partial charge in [0.1, 0.15) is 0 Å². The van der Waals surface area contributed by atoms with Crippen LogP contribution < -0.4 is 5.32 Å². The first-order valence-corrected chi connectivity index (χ1v) is 7.09. The maximum atomic E-state index is 12.1. The lowest BCUT2D eigenvalue weighted by atomic mass is 9.79. The minimum Gasteiger partial charge on any atom is -0.396 e. The van der Waals surface area contributed by atoms with Crippen LogP contribution in [0.2, 0.25) is 0 Å². The first-order chi connectivity index (χ1) is 8.19. The molecule has 0 aromatic carbocycles. The van der Waals surface area contributed by atoms with E-state index in [9.17, 15) is 9.90 Å². The van der Waals surface area contributed by atoms with Gasteiger partial charge >= 0.3 is 0 Å². The molecule has 0 heterocycles. The lowest BCUT2D eigenvalue weighted by Gasteiger charge is -2.32. The normalized spacial score (nSPS) is 30.2. The first-order valence-electron chi connectivity index (χ1n) is 7.09. The number of aliphatic hydroxyl groups excluding tert-OH is 1. The summed E-state index contributed by atoms with van der Waals surface area (Å²) < 4.78 is 0. The van der Waals surface area contributed by atoms with Crippen molar-refractivity contribution in [1.82, 2.24) is 5.32 Å². The van der Waals surface area contributed by atoms with Crippen molar-refractivity contribution in [3.63, 3.8) is 0 Å². The van der Waals surface area contributed by atoms with Crippen molar-refractivity contribution < 1.29 is 9.90 Å². The molecule has 0 aliphatic heterocycles. The number of nitrogens with one attached hydrogen (secondary N) is 1. The van der Waals surface area contributed by atoms with E-state index in [1.807, 2.05) is 0 Å². The van der Waals surface area contributed by atoms with E-state index in [1.165, 1.54) is 0 Å². The van der Waals surface area contributed by atoms with Crippen LogP contribution in [0, 0.1) is 16.7 Å². The van der Waals surface area contributed by atoms with E-state index >= 15 is 0 Å². The Labute approximate surface area is 111 Å². The summed E-state index contributed by atoms with van der Waals surface area (Å²) >= 11 is 0. The summed E-state index contributed by atoms with van der Waals surface area (Å²) in [6, 6.07) is 0.141. The van der Waals surface area contributed by atoms with Gasteiger partial charge in [-0.3, -0.25) is 4.79 Å². The van der Waals surface area contributed by atoms with Gasteiger partial charge in [-0.05, 0) is 24.2 Å². The van der Waals surface area contributed by atoms with Gasteiger partial charge in [0.15, 0.2) is 0 Å². The number of hydrogen-bond acceptors (Lipinski definition) is 2. The molecule has 2 N–H and O–H groups in total. The molecule has 3 unspecified atom stereocenters. The molecule has 3 heteroatoms. The van der Waals surface area contributed by atoms with Gasteiger partial charge in [-0.2, -0.15) is 0 Å². The van der Waals surface area contributed by atoms with Gasteiger partial charge in [-0.1, -0.05) is 41.0 Å². The molecule has 1 aliphatic rings. The van der Waals surface area contributed by atoms with Crippen LogP contribution in [0.5, 0.6) is 0 Å². The highest BCUT2D eigenvalue weighted by Gasteiger charge is 2.39. The van der Waals surface area contributed by atoms with Crippen molar-refractivity contribution >= 4 is 5.91 Å². The van der Waals surface area contributed by atoms with Gasteiger partial charge < -0.3 is 10.4 Å². The van der Waals surface area contributed by atoms with Crippen LogP contribution in [0.15, 0.2) is 0 Å². The van der Waals surface area contributed by atoms with Crippen molar-refractivity contribution in [2.24, 2.45) is 16.7 Å². The van der Waals surface area contributed by atoms with Gasteiger partial charge in [0, 0.05) is 17.9 Å². The molecule has 1 rings (SSSR count). The van der Waals surface area contributed by atoms with Crippen molar-refractivity contribution in [3.05, 3.63) is 0 Å². The van der Waals surface area contributed by atoms with Crippen LogP contribution in [0.1, 0.15) is 60.3 Å². The molecule has 1 saturated carbocycles. The Bertz CT molecular complexity index is 295. The standard InChI is InChI=1S/C15H29NO2/c1-11(14(2,3)4)9-13(18)16-12-7-6-8-15(12,5)10-17/h11-12,17H,6-10H2,1-5H3,(H,16,18). The largest absolute Gasteiger partial charge is 0.396 e. The minimum absolute atomic E-state index is 0.124. The molecular formula is C15H29NO2. The molecule has 3 atom stereocenters. The Morgan fingerprint density at radius 1 is 1.50 bits per heavy atom. The first kappa shape index (κ1) is 15.5. The zero-order valence-electron chi connectivity index (χ0n) is 12.5. The molecule has 0 aromatic rings. The smallest absolute Gasteiger partial charge is 0.220 e. The lowest BCUT2D eigenvalue weighted by molar-refractivity contribution is -0.124. The number of hydrogen-bond donors (Lipinski definition) is 2. The number of aliphatic hydroxyl groups is 1. The molecule has 0 aromatic heterocycles. The van der Waals surface area contributed by atoms with Crippen molar-refractivity contribution in [3.8, 4) is 0 Å². The number of amides is 1. The Morgan fingerprint density at radius 2 is 2.11 bits per heavy atom. The molecule has 3 nitrogen and oxygen atoms in total. The minimum atomic E-state index is -0.124. The molecule has 0 spiro atoms. The highest BCUT2D eigenvalue weighted by atomic mass is 16.3. The molecule has 18 heavy (non-hydrogen) atoms. The topological polar surface area (TPSA) is 49.3 Å². The molecule has 106 valence electrons. The Morgan fingerprint density at radius 3 is 2.61 bits per heavy atom. The summed E-state index contributed by atoms with van der Waals surface area (Å²) in [7, 11) is 0. The predicted octanol–water partition coefficient (Wildman–Crippen LogP) is 2.73. The van der Waals surface area contributed by atoms with Crippen LogP contribution in [-0.2, 0) is 4.79 Å². The van der Waals surface area contributed by atoms with Crippen molar-refractivity contribution in [1.29, 1.82) is 0 Å². The highest BCUT2D eigenvalue weighted by Crippen LogP contribution is 2.37. The predicted molar refractivity (Wildman–Crippen MR) is 74.2 cm³/mol. The summed E-state index contributed by atoms with van der Waals surface area (Å²) in [5, 5.41) is 12.6. The summed E-state index contributed by atoms with van der Waals surface area (Å²) in [4.78, 5) is 12.1. The molecule has 1 aliphatic carbocycles. The summed E-state index contributed by atoms with van der Waals surface area (Å²) in [5.41, 5.74) is 0.0356. The van der Waals surface area contributed by atoms with Gasteiger partial charge in [-0.15, -0.1) is 0 Å². The van der Waals surface area contributed by atoms with Crippen LogP contribution in [-0.4, -0.2) is 23.7 Å². The van der Waals surface area contributed by atoms with E-state index in [0.717, 1.165) is 19.3 Å². The second kappa shape index (κ2) is 5.60. The number of carbonyl (C=O) groups is 1. The number of carbonyl (C=O) groups excluding carboxylic acids is 1. The van der Waals surface area contributed by atoms with E-state index < -0.39 is 0 Å². The third kappa shape index (κ3) is 3.71. The van der Waals surface area contributed by atoms with Gasteiger partial charge in [0.2, 0.25) is 5.91 Å². The SMILES string of the molecule is CC(CC(=O)NC1CCCC1(C)CO)C(C)(C)C. The summed E-state index contributed by atoms with van der Waals surface area (Å²) in [5.74, 6) is 0.489. The maximum absolute atomic E-state index is 12.1. The fourth-order valence-electron chi connectivity index (χ4n) is 2.51. The fourth-order valence-corrected chi connectivity index (χ4v) is 2.51. The van der Waals surface area contributed by atoms with Crippen LogP contribution in [0.25, 0.3) is 0 Å². The second-order valence-electron chi connectivity index (χ2n) is 7.30. The van der Waals surface area contributed by atoms with Crippen molar-refractivity contribution in [2.45, 2.75) is 66.3 Å². The van der Waals surface area contributed by atoms with E-state index in [0.29, 0.717) is 12.3 Å². The van der Waals surface area contributed by atoms with Gasteiger partial charge in [-0.25, -0.2) is 0 Å². The third-order valence-corrected chi connectivity index (χ3v) is 4.75. The van der Waals surface area contributed by atoms with Crippen LogP contribution >= 0.6 is 0 Å². The van der Waals surface area contributed by atoms with Crippen LogP contribution in [0.4, 0.5) is 0 Å². The lowest BCUT2D eigenvalue weighted by Crippen LogP contribution is -2.45. The fraction of sp³-hybridized carbons (Fsp3) is 0.933. The molecular weight excluding hydrogens is 226 g/mol. The van der Waals surface area contributed by atoms with Crippen LogP contribution in [0.3, 0.4) is 0 Å². The van der Waals surface area contributed by atoms with Crippen molar-refractivity contribution in [2.75, 3.05) is 6.61 Å². The zero-order valence-corrected chi connectivity index (χ0v) is 12.5. The molecule has 0 radical (unpaired) electrons. The van der Waals surface area contributed by atoms with Gasteiger partial charge in [0.25, 0.3) is 0 Å². The highest BCUT2D eigenvalue weighted by molar-refractivity contribution is 5.76. The molecule has 0 bridgehead atoms. The Balaban J connectivity index is 2.50. The monoisotopic (exact) mass is 255 g/mol. The van der Waals surface area contributed by atoms with E-state index in [4.69, 9.17) is 0 Å². The number of rotatable bonds is 4. The van der Waals surface area contributed by atoms with E-state index in [2.05, 4.69) is 39.9 Å². The zero-order chi connectivity index (χ0) is 14.0. The second-order valence-corrected chi connectivity index (χ2v) is 7.30. The quantitative estimate of drug-likeness (QED) is 0.811. The van der Waals surface area contributed by atoms with E-state index in [1.54, 1.807) is 0 Å². The Hall–Kier alpha value is -0.570.